The summed E-state index contributed by atoms with van der Waals surface area (Å²) in [6, 6.07) is 5.21. The molecule has 1 unspecified atom stereocenters. The van der Waals surface area contributed by atoms with E-state index in [9.17, 15) is 4.79 Å². The number of hydrogen-bond acceptors (Lipinski definition) is 4. The molecular weight excluding hydrogens is 375 g/mol. The maximum absolute atomic E-state index is 12.2. The quantitative estimate of drug-likeness (QED) is 0.719. The Morgan fingerprint density at radius 1 is 1.38 bits per heavy atom. The molecule has 0 saturated carbocycles. The molecule has 8 heteroatoms. The van der Waals surface area contributed by atoms with E-state index in [2.05, 4.69) is 5.32 Å². The standard InChI is InChI=1S/C16H22Cl2N2O3.ClH/c1-22-8-6-19-10-16(21)20-7-2-3-13(11-20)23-12-4-5-14(17)15(18)9-12;/h4-5,9,13,19H,2-3,6-8,10-11H2,1H3;1H. The summed E-state index contributed by atoms with van der Waals surface area (Å²) < 4.78 is 10.9. The van der Waals surface area contributed by atoms with Crippen molar-refractivity contribution in [2.75, 3.05) is 39.9 Å². The van der Waals surface area contributed by atoms with Gasteiger partial charge in [-0.25, -0.2) is 0 Å². The lowest BCUT2D eigenvalue weighted by Crippen LogP contribution is -2.47. The van der Waals surface area contributed by atoms with Crippen molar-refractivity contribution in [3.8, 4) is 5.75 Å². The average molecular weight is 398 g/mol. The Morgan fingerprint density at radius 2 is 2.17 bits per heavy atom. The number of amides is 1. The first-order valence-electron chi connectivity index (χ1n) is 7.69. The van der Waals surface area contributed by atoms with Gasteiger partial charge in [0.05, 0.1) is 29.7 Å². The van der Waals surface area contributed by atoms with Gasteiger partial charge in [-0.3, -0.25) is 4.79 Å². The Hall–Kier alpha value is -0.720. The van der Waals surface area contributed by atoms with Crippen molar-refractivity contribution in [3.05, 3.63) is 28.2 Å². The first kappa shape index (κ1) is 21.3. The molecule has 1 fully saturated rings. The zero-order chi connectivity index (χ0) is 16.7. The fraction of sp³-hybridized carbons (Fsp3) is 0.562. The van der Waals surface area contributed by atoms with Crippen molar-refractivity contribution in [1.29, 1.82) is 0 Å². The van der Waals surface area contributed by atoms with E-state index in [1.54, 1.807) is 25.3 Å². The van der Waals surface area contributed by atoms with Gasteiger partial charge in [0.1, 0.15) is 11.9 Å². The fourth-order valence-electron chi connectivity index (χ4n) is 2.48. The fourth-order valence-corrected chi connectivity index (χ4v) is 2.77. The molecule has 1 amide bonds. The smallest absolute Gasteiger partial charge is 0.236 e. The summed E-state index contributed by atoms with van der Waals surface area (Å²) in [6.45, 7) is 2.94. The molecule has 0 spiro atoms. The van der Waals surface area contributed by atoms with E-state index in [-0.39, 0.29) is 24.4 Å². The van der Waals surface area contributed by atoms with Gasteiger partial charge in [-0.05, 0) is 25.0 Å². The van der Waals surface area contributed by atoms with Gasteiger partial charge in [0.2, 0.25) is 5.91 Å². The number of nitrogens with zero attached hydrogens (tertiary/aromatic N) is 1. The molecule has 0 aliphatic carbocycles. The number of benzene rings is 1. The highest BCUT2D eigenvalue weighted by Gasteiger charge is 2.24. The third-order valence-electron chi connectivity index (χ3n) is 3.68. The molecule has 2 rings (SSSR count). The number of halogens is 3. The Kier molecular flexibility index (Phi) is 9.78. The van der Waals surface area contributed by atoms with Crippen LogP contribution in [-0.2, 0) is 9.53 Å². The normalized spacial score (nSPS) is 17.3. The predicted molar refractivity (Wildman–Crippen MR) is 98.7 cm³/mol. The molecular formula is C16H23Cl3N2O3. The zero-order valence-electron chi connectivity index (χ0n) is 13.6. The number of piperidine rings is 1. The highest BCUT2D eigenvalue weighted by molar-refractivity contribution is 6.42. The minimum atomic E-state index is -0.0242. The maximum Gasteiger partial charge on any atom is 0.236 e. The van der Waals surface area contributed by atoms with Gasteiger partial charge in [0.15, 0.2) is 0 Å². The van der Waals surface area contributed by atoms with Crippen LogP contribution in [0.1, 0.15) is 12.8 Å². The molecule has 0 aromatic heterocycles. The molecule has 1 N–H and O–H groups in total. The Bertz CT molecular complexity index is 531. The number of rotatable bonds is 7. The van der Waals surface area contributed by atoms with Crippen molar-refractivity contribution in [1.82, 2.24) is 10.2 Å². The number of likely N-dealkylation sites (tertiary alicyclic amines) is 1. The van der Waals surface area contributed by atoms with E-state index >= 15 is 0 Å². The van der Waals surface area contributed by atoms with Crippen molar-refractivity contribution in [3.63, 3.8) is 0 Å². The largest absolute Gasteiger partial charge is 0.489 e. The molecule has 1 saturated heterocycles. The Morgan fingerprint density at radius 3 is 2.88 bits per heavy atom. The number of carbonyl (C=O) groups is 1. The molecule has 1 aromatic rings. The maximum atomic E-state index is 12.2. The van der Waals surface area contributed by atoms with Crippen LogP contribution in [0.4, 0.5) is 0 Å². The first-order chi connectivity index (χ1) is 11.1. The molecule has 1 aliphatic heterocycles. The van der Waals surface area contributed by atoms with Crippen molar-refractivity contribution >= 4 is 41.5 Å². The molecule has 136 valence electrons. The molecule has 5 nitrogen and oxygen atoms in total. The van der Waals surface area contributed by atoms with E-state index < -0.39 is 0 Å². The van der Waals surface area contributed by atoms with Crippen LogP contribution in [0.2, 0.25) is 10.0 Å². The topological polar surface area (TPSA) is 50.8 Å². The minimum absolute atomic E-state index is 0. The van der Waals surface area contributed by atoms with Gasteiger partial charge in [0, 0.05) is 26.3 Å². The van der Waals surface area contributed by atoms with Crippen LogP contribution in [-0.4, -0.2) is 56.8 Å². The molecule has 24 heavy (non-hydrogen) atoms. The van der Waals surface area contributed by atoms with Gasteiger partial charge in [-0.2, -0.15) is 0 Å². The van der Waals surface area contributed by atoms with Gasteiger partial charge < -0.3 is 19.7 Å². The van der Waals surface area contributed by atoms with E-state index in [0.717, 1.165) is 19.4 Å². The van der Waals surface area contributed by atoms with Crippen molar-refractivity contribution < 1.29 is 14.3 Å². The van der Waals surface area contributed by atoms with Gasteiger partial charge in [-0.15, -0.1) is 12.4 Å². The lowest BCUT2D eigenvalue weighted by molar-refractivity contribution is -0.132. The summed E-state index contributed by atoms with van der Waals surface area (Å²) in [4.78, 5) is 14.0. The molecule has 1 aliphatic rings. The van der Waals surface area contributed by atoms with Crippen LogP contribution in [0.3, 0.4) is 0 Å². The molecule has 0 radical (unpaired) electrons. The van der Waals surface area contributed by atoms with E-state index in [0.29, 0.717) is 42.0 Å². The Balaban J connectivity index is 0.00000288. The molecule has 1 heterocycles. The summed E-state index contributed by atoms with van der Waals surface area (Å²) in [5, 5.41) is 4.04. The van der Waals surface area contributed by atoms with E-state index in [4.69, 9.17) is 32.7 Å². The molecule has 1 aromatic carbocycles. The number of ether oxygens (including phenoxy) is 2. The van der Waals surface area contributed by atoms with E-state index in [1.807, 2.05) is 4.90 Å². The van der Waals surface area contributed by atoms with Crippen molar-refractivity contribution in [2.45, 2.75) is 18.9 Å². The summed E-state index contributed by atoms with van der Waals surface area (Å²) >= 11 is 11.9. The second-order valence-corrected chi connectivity index (χ2v) is 6.28. The lowest BCUT2D eigenvalue weighted by Gasteiger charge is -2.33. The lowest BCUT2D eigenvalue weighted by atomic mass is 10.1. The second-order valence-electron chi connectivity index (χ2n) is 5.47. The monoisotopic (exact) mass is 396 g/mol. The number of carbonyl (C=O) groups excluding carboxylic acids is 1. The summed E-state index contributed by atoms with van der Waals surface area (Å²) in [6.07, 6.45) is 1.82. The van der Waals surface area contributed by atoms with Crippen LogP contribution in [0, 0.1) is 0 Å². The SMILES string of the molecule is COCCNCC(=O)N1CCCC(Oc2ccc(Cl)c(Cl)c2)C1.Cl. The van der Waals surface area contributed by atoms with Crippen LogP contribution in [0.5, 0.6) is 5.75 Å². The summed E-state index contributed by atoms with van der Waals surface area (Å²) in [7, 11) is 1.64. The number of nitrogens with one attached hydrogen (secondary N) is 1. The van der Waals surface area contributed by atoms with Crippen LogP contribution in [0.15, 0.2) is 18.2 Å². The van der Waals surface area contributed by atoms with E-state index in [1.165, 1.54) is 0 Å². The number of hydrogen-bond donors (Lipinski definition) is 1. The van der Waals surface area contributed by atoms with Crippen LogP contribution in [0.25, 0.3) is 0 Å². The Labute approximate surface area is 159 Å². The molecule has 0 bridgehead atoms. The predicted octanol–water partition coefficient (Wildman–Crippen LogP) is 3.02. The van der Waals surface area contributed by atoms with Crippen LogP contribution < -0.4 is 10.1 Å². The highest BCUT2D eigenvalue weighted by Crippen LogP contribution is 2.28. The third-order valence-corrected chi connectivity index (χ3v) is 4.42. The number of methoxy groups -OCH3 is 1. The van der Waals surface area contributed by atoms with Gasteiger partial charge >= 0.3 is 0 Å². The first-order valence-corrected chi connectivity index (χ1v) is 8.45. The second kappa shape index (κ2) is 11.0. The zero-order valence-corrected chi connectivity index (χ0v) is 15.9. The van der Waals surface area contributed by atoms with Gasteiger partial charge in [0.25, 0.3) is 0 Å². The minimum Gasteiger partial charge on any atom is -0.489 e. The summed E-state index contributed by atoms with van der Waals surface area (Å²) in [5.74, 6) is 0.764. The van der Waals surface area contributed by atoms with Crippen LogP contribution >= 0.6 is 35.6 Å². The summed E-state index contributed by atoms with van der Waals surface area (Å²) in [5.41, 5.74) is 0. The van der Waals surface area contributed by atoms with Gasteiger partial charge in [-0.1, -0.05) is 23.2 Å². The third kappa shape index (κ3) is 6.65. The average Bonchev–Trinajstić information content (AvgIpc) is 2.55. The molecule has 1 atom stereocenters. The highest BCUT2D eigenvalue weighted by atomic mass is 35.5. The van der Waals surface area contributed by atoms with Crippen molar-refractivity contribution in [2.24, 2.45) is 0 Å².